The fourth-order valence-corrected chi connectivity index (χ4v) is 1.81. The largest absolute Gasteiger partial charge is 0.392 e. The highest BCUT2D eigenvalue weighted by atomic mass is 16.3. The van der Waals surface area contributed by atoms with Gasteiger partial charge in [-0.1, -0.05) is 18.2 Å². The van der Waals surface area contributed by atoms with E-state index in [-0.39, 0.29) is 19.1 Å². The lowest BCUT2D eigenvalue weighted by atomic mass is 10.2. The van der Waals surface area contributed by atoms with Gasteiger partial charge in [0, 0.05) is 29.7 Å². The summed E-state index contributed by atoms with van der Waals surface area (Å²) >= 11 is 0. The second-order valence-electron chi connectivity index (χ2n) is 3.63. The topological polar surface area (TPSA) is 54.3 Å². The number of likely N-dealkylation sites (N-methyl/N-ethyl adjacent to an activating group) is 1. The van der Waals surface area contributed by atoms with Crippen molar-refractivity contribution >= 4 is 16.8 Å². The smallest absolute Gasteiger partial charge is 0.239 e. The zero-order valence-electron chi connectivity index (χ0n) is 9.10. The SMILES string of the molecule is CNC(=O)Cn1cc(CO)c2ccccc21. The maximum absolute atomic E-state index is 11.3. The number of aliphatic hydroxyl groups excluding tert-OH is 1. The maximum Gasteiger partial charge on any atom is 0.239 e. The van der Waals surface area contributed by atoms with Crippen molar-refractivity contribution in [3.05, 3.63) is 36.0 Å². The first-order valence-corrected chi connectivity index (χ1v) is 5.14. The lowest BCUT2D eigenvalue weighted by Gasteiger charge is -2.03. The van der Waals surface area contributed by atoms with Crippen molar-refractivity contribution in [3.63, 3.8) is 0 Å². The summed E-state index contributed by atoms with van der Waals surface area (Å²) in [6.45, 7) is 0.262. The number of carbonyl (C=O) groups excluding carboxylic acids is 1. The summed E-state index contributed by atoms with van der Waals surface area (Å²) in [6, 6.07) is 7.73. The van der Waals surface area contributed by atoms with Gasteiger partial charge in [0.1, 0.15) is 6.54 Å². The molecule has 0 aliphatic carbocycles. The zero-order chi connectivity index (χ0) is 11.5. The quantitative estimate of drug-likeness (QED) is 0.803. The van der Waals surface area contributed by atoms with E-state index >= 15 is 0 Å². The lowest BCUT2D eigenvalue weighted by molar-refractivity contribution is -0.121. The summed E-state index contributed by atoms with van der Waals surface area (Å²) in [7, 11) is 1.61. The van der Waals surface area contributed by atoms with E-state index in [2.05, 4.69) is 5.32 Å². The van der Waals surface area contributed by atoms with Gasteiger partial charge < -0.3 is 15.0 Å². The molecule has 0 aliphatic rings. The first kappa shape index (κ1) is 10.7. The van der Waals surface area contributed by atoms with Gasteiger partial charge in [-0.05, 0) is 6.07 Å². The molecule has 0 atom stereocenters. The summed E-state index contributed by atoms with van der Waals surface area (Å²) in [5, 5.41) is 12.8. The molecule has 0 unspecified atom stereocenters. The highest BCUT2D eigenvalue weighted by Crippen LogP contribution is 2.20. The van der Waals surface area contributed by atoms with Gasteiger partial charge in [0.05, 0.1) is 6.61 Å². The van der Waals surface area contributed by atoms with Crippen LogP contribution in [0, 0.1) is 0 Å². The number of nitrogens with zero attached hydrogens (tertiary/aromatic N) is 1. The molecular formula is C12H14N2O2. The Hall–Kier alpha value is -1.81. The lowest BCUT2D eigenvalue weighted by Crippen LogP contribution is -2.22. The number of hydrogen-bond donors (Lipinski definition) is 2. The summed E-state index contributed by atoms with van der Waals surface area (Å²) in [5.74, 6) is -0.0507. The molecular weight excluding hydrogens is 204 g/mol. The van der Waals surface area contributed by atoms with E-state index in [1.54, 1.807) is 7.05 Å². The average Bonchev–Trinajstić information content (AvgIpc) is 2.68. The Labute approximate surface area is 93.5 Å². The standard InChI is InChI=1S/C12H14N2O2/c1-13-12(16)7-14-6-9(8-15)10-4-2-3-5-11(10)14/h2-6,15H,7-8H2,1H3,(H,13,16). The van der Waals surface area contributed by atoms with Crippen LogP contribution >= 0.6 is 0 Å². The Morgan fingerprint density at radius 2 is 2.19 bits per heavy atom. The van der Waals surface area contributed by atoms with Crippen LogP contribution in [-0.2, 0) is 17.9 Å². The van der Waals surface area contributed by atoms with E-state index < -0.39 is 0 Å². The van der Waals surface area contributed by atoms with Gasteiger partial charge >= 0.3 is 0 Å². The molecule has 1 aromatic heterocycles. The van der Waals surface area contributed by atoms with Crippen LogP contribution in [0.4, 0.5) is 0 Å². The molecule has 0 saturated heterocycles. The number of benzene rings is 1. The molecule has 4 nitrogen and oxygen atoms in total. The fourth-order valence-electron chi connectivity index (χ4n) is 1.81. The van der Waals surface area contributed by atoms with Crippen LogP contribution in [0.5, 0.6) is 0 Å². The van der Waals surface area contributed by atoms with E-state index in [9.17, 15) is 9.90 Å². The molecule has 0 spiro atoms. The number of carbonyl (C=O) groups is 1. The monoisotopic (exact) mass is 218 g/mol. The van der Waals surface area contributed by atoms with Crippen molar-refractivity contribution < 1.29 is 9.90 Å². The van der Waals surface area contributed by atoms with Crippen molar-refractivity contribution in [2.24, 2.45) is 0 Å². The van der Waals surface area contributed by atoms with E-state index in [1.807, 2.05) is 35.0 Å². The minimum Gasteiger partial charge on any atom is -0.392 e. The van der Waals surface area contributed by atoms with Gasteiger partial charge in [-0.25, -0.2) is 0 Å². The van der Waals surface area contributed by atoms with E-state index in [1.165, 1.54) is 0 Å². The van der Waals surface area contributed by atoms with Gasteiger partial charge in [-0.2, -0.15) is 0 Å². The number of rotatable bonds is 3. The van der Waals surface area contributed by atoms with Crippen molar-refractivity contribution in [1.82, 2.24) is 9.88 Å². The van der Waals surface area contributed by atoms with Crippen LogP contribution in [0.25, 0.3) is 10.9 Å². The van der Waals surface area contributed by atoms with E-state index in [4.69, 9.17) is 0 Å². The summed E-state index contributed by atoms with van der Waals surface area (Å²) in [4.78, 5) is 11.3. The number of aliphatic hydroxyl groups is 1. The predicted molar refractivity (Wildman–Crippen MR) is 61.9 cm³/mol. The third kappa shape index (κ3) is 1.79. The van der Waals surface area contributed by atoms with Crippen LogP contribution in [0.15, 0.2) is 30.5 Å². The summed E-state index contributed by atoms with van der Waals surface area (Å²) in [5.41, 5.74) is 1.81. The molecule has 4 heteroatoms. The molecule has 1 amide bonds. The minimum atomic E-state index is -0.0507. The number of nitrogens with one attached hydrogen (secondary N) is 1. The van der Waals surface area contributed by atoms with Crippen LogP contribution in [-0.4, -0.2) is 22.6 Å². The molecule has 0 aliphatic heterocycles. The number of para-hydroxylation sites is 1. The Morgan fingerprint density at radius 3 is 2.88 bits per heavy atom. The molecule has 0 fully saturated rings. The van der Waals surface area contributed by atoms with Crippen LogP contribution in [0.1, 0.15) is 5.56 Å². The number of fused-ring (bicyclic) bond motifs is 1. The first-order valence-electron chi connectivity index (χ1n) is 5.14. The normalized spacial score (nSPS) is 10.6. The Bertz CT molecular complexity index is 517. The fraction of sp³-hybridized carbons (Fsp3) is 0.250. The van der Waals surface area contributed by atoms with Crippen molar-refractivity contribution in [2.75, 3.05) is 7.05 Å². The van der Waals surface area contributed by atoms with Gasteiger partial charge in [0.2, 0.25) is 5.91 Å². The van der Waals surface area contributed by atoms with Crippen LogP contribution in [0.3, 0.4) is 0 Å². The molecule has 2 aromatic rings. The Morgan fingerprint density at radius 1 is 1.44 bits per heavy atom. The molecule has 1 aromatic carbocycles. The predicted octanol–water partition coefficient (Wildman–Crippen LogP) is 0.880. The van der Waals surface area contributed by atoms with E-state index in [0.29, 0.717) is 0 Å². The third-order valence-electron chi connectivity index (χ3n) is 2.63. The van der Waals surface area contributed by atoms with Gasteiger partial charge in [0.25, 0.3) is 0 Å². The molecule has 1 heterocycles. The average molecular weight is 218 g/mol. The zero-order valence-corrected chi connectivity index (χ0v) is 9.10. The molecule has 84 valence electrons. The van der Waals surface area contributed by atoms with E-state index in [0.717, 1.165) is 16.5 Å². The van der Waals surface area contributed by atoms with Gasteiger partial charge in [-0.3, -0.25) is 4.79 Å². The molecule has 2 N–H and O–H groups in total. The molecule has 0 radical (unpaired) electrons. The second kappa shape index (κ2) is 4.37. The maximum atomic E-state index is 11.3. The number of hydrogen-bond acceptors (Lipinski definition) is 2. The van der Waals surface area contributed by atoms with Crippen LogP contribution < -0.4 is 5.32 Å². The highest BCUT2D eigenvalue weighted by molar-refractivity contribution is 5.86. The third-order valence-corrected chi connectivity index (χ3v) is 2.63. The number of aromatic nitrogens is 1. The van der Waals surface area contributed by atoms with Gasteiger partial charge in [0.15, 0.2) is 0 Å². The number of amides is 1. The molecule has 0 bridgehead atoms. The first-order chi connectivity index (χ1) is 7.76. The van der Waals surface area contributed by atoms with Crippen molar-refractivity contribution in [3.8, 4) is 0 Å². The highest BCUT2D eigenvalue weighted by Gasteiger charge is 2.08. The van der Waals surface area contributed by atoms with Crippen molar-refractivity contribution in [2.45, 2.75) is 13.2 Å². The second-order valence-corrected chi connectivity index (χ2v) is 3.63. The molecule has 16 heavy (non-hydrogen) atoms. The Balaban J connectivity index is 2.49. The Kier molecular flexibility index (Phi) is 2.92. The molecule has 2 rings (SSSR count). The van der Waals surface area contributed by atoms with Crippen molar-refractivity contribution in [1.29, 1.82) is 0 Å². The summed E-state index contributed by atoms with van der Waals surface area (Å²) < 4.78 is 1.85. The minimum absolute atomic E-state index is 0.0126. The molecule has 0 saturated carbocycles. The van der Waals surface area contributed by atoms with Crippen LogP contribution in [0.2, 0.25) is 0 Å². The van der Waals surface area contributed by atoms with Gasteiger partial charge in [-0.15, -0.1) is 0 Å². The summed E-state index contributed by atoms with van der Waals surface area (Å²) in [6.07, 6.45) is 1.82.